The van der Waals surface area contributed by atoms with E-state index in [1.54, 1.807) is 34.1 Å². The maximum atomic E-state index is 14.1. The Morgan fingerprint density at radius 1 is 0.976 bits per heavy atom. The fourth-order valence-corrected chi connectivity index (χ4v) is 5.81. The van der Waals surface area contributed by atoms with Crippen LogP contribution in [0.5, 0.6) is 0 Å². The van der Waals surface area contributed by atoms with Crippen molar-refractivity contribution in [1.82, 2.24) is 30.1 Å². The van der Waals surface area contributed by atoms with Crippen LogP contribution in [-0.4, -0.2) is 73.7 Å². The minimum atomic E-state index is -0.751. The topological polar surface area (TPSA) is 111 Å². The second-order valence-corrected chi connectivity index (χ2v) is 11.8. The van der Waals surface area contributed by atoms with Crippen molar-refractivity contribution in [2.75, 3.05) is 13.1 Å². The van der Waals surface area contributed by atoms with Crippen LogP contribution in [0.25, 0.3) is 22.0 Å². The van der Waals surface area contributed by atoms with Gasteiger partial charge >= 0.3 is 0 Å². The summed E-state index contributed by atoms with van der Waals surface area (Å²) in [5.41, 5.74) is 1.56. The van der Waals surface area contributed by atoms with E-state index in [2.05, 4.69) is 20.3 Å². The minimum absolute atomic E-state index is 0.0358. The summed E-state index contributed by atoms with van der Waals surface area (Å²) >= 11 is 0. The molecule has 0 spiro atoms. The first-order valence-electron chi connectivity index (χ1n) is 13.7. The molecule has 2 aromatic carbocycles. The highest BCUT2D eigenvalue weighted by Crippen LogP contribution is 2.34. The van der Waals surface area contributed by atoms with Crippen molar-refractivity contribution in [3.05, 3.63) is 84.3 Å². The predicted octanol–water partition coefficient (Wildman–Crippen LogP) is 4.03. The molecule has 2 N–H and O–H groups in total. The Balaban J connectivity index is 1.13. The summed E-state index contributed by atoms with van der Waals surface area (Å²) in [5.74, 6) is -1.17. The van der Waals surface area contributed by atoms with Crippen LogP contribution in [0, 0.1) is 11.2 Å². The van der Waals surface area contributed by atoms with E-state index < -0.39 is 11.5 Å². The number of nitrogens with zero attached hydrogens (tertiary/aromatic N) is 4. The summed E-state index contributed by atoms with van der Waals surface area (Å²) in [5, 5.41) is 3.88. The third-order valence-electron chi connectivity index (χ3n) is 7.98. The first kappa shape index (κ1) is 26.6. The van der Waals surface area contributed by atoms with Crippen LogP contribution in [-0.2, 0) is 4.79 Å². The third-order valence-corrected chi connectivity index (χ3v) is 7.98. The molecular weight excluding hydrogens is 523 g/mol. The number of likely N-dealkylation sites (tertiary alicyclic amines) is 2. The molecule has 0 unspecified atom stereocenters. The smallest absolute Gasteiger partial charge is 0.292 e. The lowest BCUT2D eigenvalue weighted by molar-refractivity contribution is -0.138. The van der Waals surface area contributed by atoms with E-state index in [1.807, 2.05) is 45.0 Å². The lowest BCUT2D eigenvalue weighted by Gasteiger charge is -2.39. The SMILES string of the molecule is CC(C)(C)[C@H](NC(=O)c1cc2ccccc2[nH]1)C(=O)N1C[C@@H]2C[C@H]1CN2C(=O)c1ncc(-c2ccccc2F)cn1. The summed E-state index contributed by atoms with van der Waals surface area (Å²) in [4.78, 5) is 55.3. The predicted molar refractivity (Wildman–Crippen MR) is 151 cm³/mol. The standard InChI is InChI=1S/C31H31FN6O3/c1-31(2,3)26(36-28(39)25-12-18-8-4-7-11-24(18)35-25)29(40)37-16-21-13-20(37)17-38(21)30(41)27-33-14-19(15-34-27)22-9-5-6-10-23(22)32/h4-12,14-15,20-21,26,35H,13,16-17H2,1-3H3,(H,36,39)/t20-,21-,26+/m0/s1. The Labute approximate surface area is 236 Å². The average molecular weight is 555 g/mol. The number of H-pyrrole nitrogens is 1. The van der Waals surface area contributed by atoms with Crippen molar-refractivity contribution in [2.24, 2.45) is 5.41 Å². The number of benzene rings is 2. The van der Waals surface area contributed by atoms with Crippen LogP contribution in [0.15, 0.2) is 67.0 Å². The average Bonchev–Trinajstić information content (AvgIpc) is 3.69. The maximum Gasteiger partial charge on any atom is 0.292 e. The molecule has 3 amide bonds. The van der Waals surface area contributed by atoms with Gasteiger partial charge in [-0.25, -0.2) is 14.4 Å². The molecule has 41 heavy (non-hydrogen) atoms. The third kappa shape index (κ3) is 4.94. The number of nitrogens with one attached hydrogen (secondary N) is 2. The number of hydrogen-bond donors (Lipinski definition) is 2. The van der Waals surface area contributed by atoms with Gasteiger partial charge in [0.1, 0.15) is 17.6 Å². The van der Waals surface area contributed by atoms with Gasteiger partial charge in [-0.2, -0.15) is 0 Å². The molecule has 2 bridgehead atoms. The van der Waals surface area contributed by atoms with Gasteiger partial charge in [0.2, 0.25) is 11.7 Å². The highest BCUT2D eigenvalue weighted by molar-refractivity contribution is 6.00. The van der Waals surface area contributed by atoms with Crippen molar-refractivity contribution in [3.63, 3.8) is 0 Å². The van der Waals surface area contributed by atoms with E-state index in [0.717, 1.165) is 10.9 Å². The molecule has 0 radical (unpaired) electrons. The highest BCUT2D eigenvalue weighted by atomic mass is 19.1. The molecular formula is C31H31FN6O3. The van der Waals surface area contributed by atoms with Gasteiger partial charge in [0.05, 0.1) is 12.1 Å². The molecule has 2 aliphatic rings. The van der Waals surface area contributed by atoms with Crippen LogP contribution >= 0.6 is 0 Å². The zero-order valence-corrected chi connectivity index (χ0v) is 23.1. The van der Waals surface area contributed by atoms with E-state index in [9.17, 15) is 18.8 Å². The van der Waals surface area contributed by atoms with Gasteiger partial charge in [-0.15, -0.1) is 0 Å². The quantitative estimate of drug-likeness (QED) is 0.387. The summed E-state index contributed by atoms with van der Waals surface area (Å²) < 4.78 is 14.1. The first-order chi connectivity index (χ1) is 19.6. The molecule has 2 aromatic heterocycles. The van der Waals surface area contributed by atoms with Crippen molar-refractivity contribution in [1.29, 1.82) is 0 Å². The molecule has 10 heteroatoms. The number of carbonyl (C=O) groups is 3. The largest absolute Gasteiger partial charge is 0.351 e. The van der Waals surface area contributed by atoms with Gasteiger partial charge in [0.25, 0.3) is 11.8 Å². The van der Waals surface area contributed by atoms with Gasteiger partial charge < -0.3 is 20.1 Å². The highest BCUT2D eigenvalue weighted by Gasteiger charge is 2.50. The molecule has 0 saturated carbocycles. The Morgan fingerprint density at radius 3 is 2.29 bits per heavy atom. The number of piperazine rings is 1. The molecule has 210 valence electrons. The van der Waals surface area contributed by atoms with Crippen LogP contribution in [0.3, 0.4) is 0 Å². The molecule has 2 saturated heterocycles. The Morgan fingerprint density at radius 2 is 1.63 bits per heavy atom. The Bertz CT molecular complexity index is 1610. The van der Waals surface area contributed by atoms with E-state index in [1.165, 1.54) is 18.5 Å². The van der Waals surface area contributed by atoms with Gasteiger partial charge in [0, 0.05) is 47.5 Å². The number of fused-ring (bicyclic) bond motifs is 3. The zero-order valence-electron chi connectivity index (χ0n) is 23.1. The molecule has 4 heterocycles. The van der Waals surface area contributed by atoms with Crippen LogP contribution in [0.4, 0.5) is 4.39 Å². The summed E-state index contributed by atoms with van der Waals surface area (Å²) in [6.45, 7) is 6.51. The Hall–Kier alpha value is -4.60. The molecule has 6 rings (SSSR count). The lowest BCUT2D eigenvalue weighted by Crippen LogP contribution is -2.59. The van der Waals surface area contributed by atoms with E-state index in [0.29, 0.717) is 36.3 Å². The van der Waals surface area contributed by atoms with E-state index >= 15 is 0 Å². The molecule has 4 aromatic rings. The molecule has 9 nitrogen and oxygen atoms in total. The van der Waals surface area contributed by atoms with Gasteiger partial charge in [-0.1, -0.05) is 57.2 Å². The number of rotatable bonds is 5. The fraction of sp³-hybridized carbons (Fsp3) is 0.323. The molecule has 3 atom stereocenters. The van der Waals surface area contributed by atoms with Crippen molar-refractivity contribution < 1.29 is 18.8 Å². The lowest BCUT2D eigenvalue weighted by atomic mass is 9.85. The van der Waals surface area contributed by atoms with Crippen molar-refractivity contribution in [2.45, 2.75) is 45.3 Å². The first-order valence-corrected chi connectivity index (χ1v) is 13.7. The molecule has 2 fully saturated rings. The van der Waals surface area contributed by atoms with Crippen LogP contribution < -0.4 is 5.32 Å². The van der Waals surface area contributed by atoms with Gasteiger partial charge in [-0.05, 0) is 30.0 Å². The fourth-order valence-electron chi connectivity index (χ4n) is 5.81. The second-order valence-electron chi connectivity index (χ2n) is 11.8. The number of hydrogen-bond acceptors (Lipinski definition) is 5. The van der Waals surface area contributed by atoms with E-state index in [-0.39, 0.29) is 41.4 Å². The van der Waals surface area contributed by atoms with E-state index in [4.69, 9.17) is 0 Å². The summed E-state index contributed by atoms with van der Waals surface area (Å²) in [7, 11) is 0. The van der Waals surface area contributed by atoms with Gasteiger partial charge in [0.15, 0.2) is 0 Å². The van der Waals surface area contributed by atoms with Crippen LogP contribution in [0.2, 0.25) is 0 Å². The second kappa shape index (κ2) is 10.1. The number of halogens is 1. The number of para-hydroxylation sites is 1. The monoisotopic (exact) mass is 554 g/mol. The number of amides is 3. The van der Waals surface area contributed by atoms with Crippen molar-refractivity contribution >= 4 is 28.6 Å². The zero-order chi connectivity index (χ0) is 28.9. The molecule has 0 aliphatic carbocycles. The van der Waals surface area contributed by atoms with Crippen LogP contribution in [0.1, 0.15) is 48.3 Å². The maximum absolute atomic E-state index is 14.1. The minimum Gasteiger partial charge on any atom is -0.351 e. The summed E-state index contributed by atoms with van der Waals surface area (Å²) in [6, 6.07) is 14.6. The number of aromatic amines is 1. The normalized spacial score (nSPS) is 19.0. The number of aromatic nitrogens is 3. The van der Waals surface area contributed by atoms with Gasteiger partial charge in [-0.3, -0.25) is 14.4 Å². The summed E-state index contributed by atoms with van der Waals surface area (Å²) in [6.07, 6.45) is 3.55. The van der Waals surface area contributed by atoms with Crippen molar-refractivity contribution in [3.8, 4) is 11.1 Å². The number of carbonyl (C=O) groups excluding carboxylic acids is 3. The Kier molecular flexibility index (Phi) is 6.56. The molecule has 2 aliphatic heterocycles.